The molecule has 2 nitrogen and oxygen atoms in total. The molecule has 0 aliphatic carbocycles. The van der Waals surface area contributed by atoms with Gasteiger partial charge < -0.3 is 0 Å². The number of fused-ring (bicyclic) bond motifs is 3. The first-order valence-electron chi connectivity index (χ1n) is 8.46. The molecule has 0 N–H and O–H groups in total. The molecule has 0 atom stereocenters. The second-order valence-corrected chi connectivity index (χ2v) is 10.1. The van der Waals surface area contributed by atoms with E-state index in [9.17, 15) is 4.79 Å². The molecule has 1 aliphatic heterocycles. The third-order valence-electron chi connectivity index (χ3n) is 4.91. The molecule has 3 aromatic rings. The summed E-state index contributed by atoms with van der Waals surface area (Å²) in [5.74, 6) is 0.0232. The Morgan fingerprint density at radius 1 is 1.00 bits per heavy atom. The van der Waals surface area contributed by atoms with E-state index in [-0.39, 0.29) is 5.91 Å². The number of hydrogen-bond donors (Lipinski definition) is 0. The van der Waals surface area contributed by atoms with E-state index in [1.807, 2.05) is 36.1 Å². The van der Waals surface area contributed by atoms with Gasteiger partial charge in [0.2, 0.25) is 0 Å². The van der Waals surface area contributed by atoms with Gasteiger partial charge in [0, 0.05) is 16.7 Å². The SMILES string of the molecule is Cc1ccc(C(=O)N2c3ccc(C)cc3-c3c(ssc3=S)C2(C)C)cc1. The Hall–Kier alpha value is -1.82. The van der Waals surface area contributed by atoms with Crippen LogP contribution in [0.5, 0.6) is 0 Å². The van der Waals surface area contributed by atoms with Crippen LogP contribution in [-0.2, 0) is 5.54 Å². The Morgan fingerprint density at radius 2 is 1.65 bits per heavy atom. The van der Waals surface area contributed by atoms with Crippen LogP contribution in [0.2, 0.25) is 0 Å². The van der Waals surface area contributed by atoms with Crippen molar-refractivity contribution in [2.75, 3.05) is 4.90 Å². The van der Waals surface area contributed by atoms with Crippen LogP contribution in [-0.4, -0.2) is 5.91 Å². The van der Waals surface area contributed by atoms with Gasteiger partial charge in [0.1, 0.15) is 3.82 Å². The molecule has 2 aromatic carbocycles. The third-order valence-corrected chi connectivity index (χ3v) is 8.24. The van der Waals surface area contributed by atoms with Crippen LogP contribution >= 0.6 is 32.9 Å². The molecule has 0 fully saturated rings. The average Bonchev–Trinajstić information content (AvgIpc) is 2.99. The summed E-state index contributed by atoms with van der Waals surface area (Å²) < 4.78 is 0.910. The fraction of sp³-hybridized carbons (Fsp3) is 0.238. The van der Waals surface area contributed by atoms with Crippen molar-refractivity contribution >= 4 is 44.5 Å². The van der Waals surface area contributed by atoms with E-state index in [2.05, 4.69) is 39.0 Å². The first-order chi connectivity index (χ1) is 12.3. The highest BCUT2D eigenvalue weighted by molar-refractivity contribution is 7.80. The van der Waals surface area contributed by atoms with Gasteiger partial charge in [0.15, 0.2) is 0 Å². The molecule has 1 aliphatic rings. The fourth-order valence-electron chi connectivity index (χ4n) is 3.53. The van der Waals surface area contributed by atoms with Gasteiger partial charge in [-0.1, -0.05) is 62.2 Å². The minimum absolute atomic E-state index is 0.0232. The van der Waals surface area contributed by atoms with E-state index in [1.54, 1.807) is 20.7 Å². The minimum atomic E-state index is -0.447. The molecule has 1 aromatic heterocycles. The molecular formula is C21H19NOS3. The van der Waals surface area contributed by atoms with Crippen LogP contribution in [0.4, 0.5) is 5.69 Å². The fourth-order valence-corrected chi connectivity index (χ4v) is 6.81. The van der Waals surface area contributed by atoms with Crippen molar-refractivity contribution in [3.8, 4) is 11.1 Å². The van der Waals surface area contributed by atoms with Gasteiger partial charge in [-0.05, 0) is 52.0 Å². The number of amides is 1. The van der Waals surface area contributed by atoms with Gasteiger partial charge in [0.25, 0.3) is 5.91 Å². The van der Waals surface area contributed by atoms with Crippen molar-refractivity contribution in [1.82, 2.24) is 0 Å². The maximum atomic E-state index is 13.5. The largest absolute Gasteiger partial charge is 0.297 e. The van der Waals surface area contributed by atoms with Crippen LogP contribution < -0.4 is 4.90 Å². The Bertz CT molecular complexity index is 1070. The van der Waals surface area contributed by atoms with Crippen molar-refractivity contribution in [3.05, 3.63) is 67.9 Å². The van der Waals surface area contributed by atoms with E-state index < -0.39 is 5.54 Å². The van der Waals surface area contributed by atoms with Crippen molar-refractivity contribution < 1.29 is 4.79 Å². The zero-order chi connectivity index (χ0) is 18.6. The van der Waals surface area contributed by atoms with Gasteiger partial charge in [0.05, 0.1) is 16.1 Å². The molecule has 0 unspecified atom stereocenters. The Kier molecular flexibility index (Phi) is 4.14. The maximum absolute atomic E-state index is 13.5. The summed E-state index contributed by atoms with van der Waals surface area (Å²) in [6.45, 7) is 8.32. The standard InChI is InChI=1S/C21H19NOS3/c1-12-5-8-14(9-6-12)19(23)22-16-10-7-13(2)11-15(16)17-18(21(22,3)4)25-26-20(17)24/h5-11H,1-4H3. The lowest BCUT2D eigenvalue weighted by atomic mass is 9.86. The zero-order valence-corrected chi connectivity index (χ0v) is 17.6. The van der Waals surface area contributed by atoms with Crippen LogP contribution in [0.15, 0.2) is 42.5 Å². The van der Waals surface area contributed by atoms with Crippen LogP contribution in [0, 0.1) is 17.7 Å². The molecule has 4 rings (SSSR count). The lowest BCUT2D eigenvalue weighted by Crippen LogP contribution is -2.47. The lowest BCUT2D eigenvalue weighted by molar-refractivity contribution is 0.0961. The van der Waals surface area contributed by atoms with E-state index in [1.165, 1.54) is 10.4 Å². The summed E-state index contributed by atoms with van der Waals surface area (Å²) >= 11 is 5.63. The molecule has 132 valence electrons. The second kappa shape index (κ2) is 6.12. The number of aryl methyl sites for hydroxylation is 2. The van der Waals surface area contributed by atoms with Crippen LogP contribution in [0.25, 0.3) is 11.1 Å². The first kappa shape index (κ1) is 17.6. The molecule has 0 saturated heterocycles. The maximum Gasteiger partial charge on any atom is 0.259 e. The Labute approximate surface area is 166 Å². The quantitative estimate of drug-likeness (QED) is 0.336. The molecule has 0 bridgehead atoms. The third kappa shape index (κ3) is 2.57. The number of nitrogens with zero attached hydrogens (tertiary/aromatic N) is 1. The molecule has 1 amide bonds. The summed E-state index contributed by atoms with van der Waals surface area (Å²) in [5.41, 5.74) is 5.72. The van der Waals surface area contributed by atoms with Crippen molar-refractivity contribution in [3.63, 3.8) is 0 Å². The van der Waals surface area contributed by atoms with Gasteiger partial charge in [-0.15, -0.1) is 0 Å². The second-order valence-electron chi connectivity index (χ2n) is 7.24. The number of anilines is 1. The van der Waals surface area contributed by atoms with E-state index in [0.29, 0.717) is 5.56 Å². The van der Waals surface area contributed by atoms with E-state index in [4.69, 9.17) is 12.2 Å². The summed E-state index contributed by atoms with van der Waals surface area (Å²) in [7, 11) is 3.31. The average molecular weight is 398 g/mol. The summed E-state index contributed by atoms with van der Waals surface area (Å²) in [4.78, 5) is 16.6. The van der Waals surface area contributed by atoms with Gasteiger partial charge in [-0.2, -0.15) is 0 Å². The van der Waals surface area contributed by atoms with E-state index in [0.717, 1.165) is 26.2 Å². The minimum Gasteiger partial charge on any atom is -0.297 e. The molecular weight excluding hydrogens is 378 g/mol. The highest BCUT2D eigenvalue weighted by Gasteiger charge is 2.43. The van der Waals surface area contributed by atoms with Gasteiger partial charge >= 0.3 is 0 Å². The monoisotopic (exact) mass is 397 g/mol. The van der Waals surface area contributed by atoms with Crippen LogP contribution in [0.1, 0.15) is 40.2 Å². The van der Waals surface area contributed by atoms with E-state index >= 15 is 0 Å². The van der Waals surface area contributed by atoms with Crippen molar-refractivity contribution in [1.29, 1.82) is 0 Å². The topological polar surface area (TPSA) is 20.3 Å². The van der Waals surface area contributed by atoms with Gasteiger partial charge in [-0.25, -0.2) is 0 Å². The lowest BCUT2D eigenvalue weighted by Gasteiger charge is -2.43. The molecule has 2 heterocycles. The number of carbonyl (C=O) groups excluding carboxylic acids is 1. The number of rotatable bonds is 1. The first-order valence-corrected chi connectivity index (χ1v) is 11.0. The number of hydrogen-bond acceptors (Lipinski definition) is 4. The smallest absolute Gasteiger partial charge is 0.259 e. The number of benzene rings is 2. The molecule has 0 saturated carbocycles. The highest BCUT2D eigenvalue weighted by atomic mass is 32.9. The summed E-state index contributed by atoms with van der Waals surface area (Å²) in [6, 6.07) is 14.1. The van der Waals surface area contributed by atoms with Crippen LogP contribution in [0.3, 0.4) is 0 Å². The highest BCUT2D eigenvalue weighted by Crippen LogP contribution is 2.52. The molecule has 0 spiro atoms. The molecule has 5 heteroatoms. The number of carbonyl (C=O) groups is 1. The summed E-state index contributed by atoms with van der Waals surface area (Å²) in [6.07, 6.45) is 0. The predicted octanol–water partition coefficient (Wildman–Crippen LogP) is 6.72. The summed E-state index contributed by atoms with van der Waals surface area (Å²) in [5, 5.41) is 0. The Balaban J connectivity index is 1.97. The Morgan fingerprint density at radius 3 is 2.35 bits per heavy atom. The van der Waals surface area contributed by atoms with Gasteiger partial charge in [-0.3, -0.25) is 9.69 Å². The molecule has 0 radical (unpaired) electrons. The normalized spacial score (nSPS) is 14.7. The van der Waals surface area contributed by atoms with Crippen molar-refractivity contribution in [2.24, 2.45) is 0 Å². The zero-order valence-electron chi connectivity index (χ0n) is 15.1. The molecule has 26 heavy (non-hydrogen) atoms. The van der Waals surface area contributed by atoms with Crippen molar-refractivity contribution in [2.45, 2.75) is 33.2 Å². The predicted molar refractivity (Wildman–Crippen MR) is 114 cm³/mol.